The van der Waals surface area contributed by atoms with Crippen LogP contribution in [-0.4, -0.2) is 23.9 Å². The van der Waals surface area contributed by atoms with Crippen LogP contribution in [0.4, 0.5) is 8.78 Å². The van der Waals surface area contributed by atoms with Crippen LogP contribution in [0.2, 0.25) is 0 Å². The van der Waals surface area contributed by atoms with Crippen LogP contribution < -0.4 is 5.73 Å². The van der Waals surface area contributed by atoms with Crippen molar-refractivity contribution in [1.82, 2.24) is 4.90 Å². The minimum Gasteiger partial charge on any atom is -0.370 e. The second kappa shape index (κ2) is 3.98. The highest BCUT2D eigenvalue weighted by Crippen LogP contribution is 2.32. The maximum atomic E-state index is 13.3. The molecule has 0 saturated heterocycles. The number of guanidine groups is 1. The maximum absolute atomic E-state index is 13.3. The number of nitrogens with zero attached hydrogens (tertiary/aromatic N) is 2. The van der Waals surface area contributed by atoms with Gasteiger partial charge in [0.2, 0.25) is 0 Å². The Hall–Kier alpha value is -1.65. The monoisotopic (exact) mass is 239 g/mol. The zero-order valence-corrected chi connectivity index (χ0v) is 9.87. The fourth-order valence-electron chi connectivity index (χ4n) is 2.25. The first-order valence-corrected chi connectivity index (χ1v) is 5.52. The lowest BCUT2D eigenvalue weighted by Crippen LogP contribution is -2.47. The summed E-state index contributed by atoms with van der Waals surface area (Å²) in [5.74, 6) is -1.24. The molecule has 0 radical (unpaired) electrons. The van der Waals surface area contributed by atoms with E-state index in [0.717, 1.165) is 6.07 Å². The van der Waals surface area contributed by atoms with Crippen molar-refractivity contribution in [2.24, 2.45) is 10.7 Å². The molecule has 1 atom stereocenters. The molecular formula is C12H15F2N3. The topological polar surface area (TPSA) is 41.6 Å². The van der Waals surface area contributed by atoms with Crippen LogP contribution in [0, 0.1) is 11.6 Å². The third-order valence-electron chi connectivity index (χ3n) is 3.28. The molecular weight excluding hydrogens is 224 g/mol. The Morgan fingerprint density at radius 1 is 1.41 bits per heavy atom. The fraction of sp³-hybridized carbons (Fsp3) is 0.417. The lowest BCUT2D eigenvalue weighted by atomic mass is 9.91. The molecule has 1 heterocycles. The summed E-state index contributed by atoms with van der Waals surface area (Å²) in [4.78, 5) is 6.06. The smallest absolute Gasteiger partial charge is 0.192 e. The minimum atomic E-state index is -0.842. The van der Waals surface area contributed by atoms with Gasteiger partial charge in [0, 0.05) is 6.54 Å². The molecule has 3 nitrogen and oxygen atoms in total. The molecule has 1 aliphatic heterocycles. The lowest BCUT2D eigenvalue weighted by molar-refractivity contribution is 0.234. The van der Waals surface area contributed by atoms with Crippen molar-refractivity contribution in [3.8, 4) is 0 Å². The molecule has 0 saturated carbocycles. The van der Waals surface area contributed by atoms with Crippen LogP contribution in [0.3, 0.4) is 0 Å². The van der Waals surface area contributed by atoms with Crippen LogP contribution in [0.15, 0.2) is 23.2 Å². The normalized spacial score (nSPS) is 24.0. The van der Waals surface area contributed by atoms with Gasteiger partial charge in [0.15, 0.2) is 17.6 Å². The number of hydrogen-bond acceptors (Lipinski definition) is 3. The van der Waals surface area contributed by atoms with E-state index in [9.17, 15) is 8.78 Å². The Labute approximate surface area is 98.9 Å². The molecule has 5 heteroatoms. The Bertz CT molecular complexity index is 473. The molecule has 0 bridgehead atoms. The number of rotatable bonds is 2. The van der Waals surface area contributed by atoms with Crippen LogP contribution in [0.1, 0.15) is 19.4 Å². The molecule has 1 aromatic carbocycles. The van der Waals surface area contributed by atoms with E-state index in [-0.39, 0.29) is 0 Å². The first-order chi connectivity index (χ1) is 7.99. The van der Waals surface area contributed by atoms with Gasteiger partial charge >= 0.3 is 0 Å². The van der Waals surface area contributed by atoms with Gasteiger partial charge in [-0.25, -0.2) is 8.78 Å². The van der Waals surface area contributed by atoms with Crippen molar-refractivity contribution in [3.63, 3.8) is 0 Å². The van der Waals surface area contributed by atoms with Crippen LogP contribution in [-0.2, 0) is 5.54 Å². The van der Waals surface area contributed by atoms with Gasteiger partial charge in [-0.2, -0.15) is 0 Å². The summed E-state index contributed by atoms with van der Waals surface area (Å²) in [5.41, 5.74) is 5.97. The molecule has 0 fully saturated rings. The van der Waals surface area contributed by atoms with E-state index in [1.807, 2.05) is 18.7 Å². The first-order valence-electron chi connectivity index (χ1n) is 5.52. The Kier molecular flexibility index (Phi) is 2.77. The highest BCUT2D eigenvalue weighted by molar-refractivity contribution is 5.81. The van der Waals surface area contributed by atoms with E-state index in [4.69, 9.17) is 5.73 Å². The molecule has 0 spiro atoms. The van der Waals surface area contributed by atoms with E-state index in [1.165, 1.54) is 6.07 Å². The van der Waals surface area contributed by atoms with Crippen molar-refractivity contribution in [2.75, 3.05) is 13.1 Å². The summed E-state index contributed by atoms with van der Waals surface area (Å²) in [6.07, 6.45) is 0. The summed E-state index contributed by atoms with van der Waals surface area (Å²) in [5, 5.41) is 0. The predicted octanol–water partition coefficient (Wildman–Crippen LogP) is 1.83. The van der Waals surface area contributed by atoms with Crippen molar-refractivity contribution in [1.29, 1.82) is 0 Å². The molecule has 0 aliphatic carbocycles. The van der Waals surface area contributed by atoms with Gasteiger partial charge in [0.25, 0.3) is 0 Å². The van der Waals surface area contributed by atoms with Crippen LogP contribution in [0.25, 0.3) is 0 Å². The number of aliphatic imine (C=N–C) groups is 1. The van der Waals surface area contributed by atoms with E-state index in [1.54, 1.807) is 6.07 Å². The molecule has 1 aromatic rings. The molecule has 17 heavy (non-hydrogen) atoms. The first kappa shape index (κ1) is 11.8. The number of benzene rings is 1. The molecule has 1 aliphatic rings. The third-order valence-corrected chi connectivity index (χ3v) is 3.28. The molecule has 0 amide bonds. The van der Waals surface area contributed by atoms with Crippen LogP contribution in [0.5, 0.6) is 0 Å². The average Bonchev–Trinajstić information content (AvgIpc) is 2.59. The van der Waals surface area contributed by atoms with Crippen molar-refractivity contribution >= 4 is 5.96 Å². The summed E-state index contributed by atoms with van der Waals surface area (Å²) in [6.45, 7) is 5.00. The van der Waals surface area contributed by atoms with Gasteiger partial charge < -0.3 is 10.6 Å². The summed E-state index contributed by atoms with van der Waals surface area (Å²) in [6, 6.07) is 3.93. The highest BCUT2D eigenvalue weighted by atomic mass is 19.2. The number of likely N-dealkylation sites (N-methyl/N-ethyl adjacent to an activating group) is 1. The van der Waals surface area contributed by atoms with E-state index in [2.05, 4.69) is 4.99 Å². The van der Waals surface area contributed by atoms with Crippen molar-refractivity contribution in [2.45, 2.75) is 19.4 Å². The quantitative estimate of drug-likeness (QED) is 0.855. The van der Waals surface area contributed by atoms with Crippen molar-refractivity contribution < 1.29 is 8.78 Å². The summed E-state index contributed by atoms with van der Waals surface area (Å²) < 4.78 is 26.2. The third kappa shape index (κ3) is 1.75. The zero-order valence-electron chi connectivity index (χ0n) is 9.87. The Morgan fingerprint density at radius 2 is 2.12 bits per heavy atom. The summed E-state index contributed by atoms with van der Waals surface area (Å²) in [7, 11) is 0. The number of halogens is 2. The predicted molar refractivity (Wildman–Crippen MR) is 62.6 cm³/mol. The Morgan fingerprint density at radius 3 is 2.71 bits per heavy atom. The van der Waals surface area contributed by atoms with E-state index in [0.29, 0.717) is 24.6 Å². The average molecular weight is 239 g/mol. The number of hydrogen-bond donors (Lipinski definition) is 1. The van der Waals surface area contributed by atoms with E-state index < -0.39 is 17.2 Å². The maximum Gasteiger partial charge on any atom is 0.192 e. The van der Waals surface area contributed by atoms with Gasteiger partial charge in [-0.3, -0.25) is 4.99 Å². The van der Waals surface area contributed by atoms with Gasteiger partial charge in [0.05, 0.1) is 12.1 Å². The zero-order chi connectivity index (χ0) is 12.6. The summed E-state index contributed by atoms with van der Waals surface area (Å²) >= 11 is 0. The number of nitrogens with two attached hydrogens (primary N) is 1. The molecule has 2 rings (SSSR count). The lowest BCUT2D eigenvalue weighted by Gasteiger charge is -2.35. The van der Waals surface area contributed by atoms with Gasteiger partial charge in [-0.15, -0.1) is 0 Å². The highest BCUT2D eigenvalue weighted by Gasteiger charge is 2.38. The van der Waals surface area contributed by atoms with Gasteiger partial charge in [0.1, 0.15) is 0 Å². The second-order valence-corrected chi connectivity index (χ2v) is 4.32. The fourth-order valence-corrected chi connectivity index (χ4v) is 2.25. The van der Waals surface area contributed by atoms with Gasteiger partial charge in [-0.1, -0.05) is 6.07 Å². The largest absolute Gasteiger partial charge is 0.370 e. The molecule has 92 valence electrons. The molecule has 1 unspecified atom stereocenters. The SMILES string of the molecule is CCN1C(N)=NCC1(C)c1ccc(F)c(F)c1. The van der Waals surface area contributed by atoms with Gasteiger partial charge in [-0.05, 0) is 31.5 Å². The second-order valence-electron chi connectivity index (χ2n) is 4.32. The standard InChI is InChI=1S/C12H15F2N3/c1-3-17-11(15)16-7-12(17,2)8-4-5-9(13)10(14)6-8/h4-6H,3,7H2,1-2H3,(H2,15,16). The molecule has 0 aromatic heterocycles. The molecule has 2 N–H and O–H groups in total. The van der Waals surface area contributed by atoms with Crippen LogP contribution >= 0.6 is 0 Å². The van der Waals surface area contributed by atoms with Crippen molar-refractivity contribution in [3.05, 3.63) is 35.4 Å². The Balaban J connectivity index is 2.42. The van der Waals surface area contributed by atoms with E-state index >= 15 is 0 Å². The minimum absolute atomic E-state index is 0.444.